The Morgan fingerprint density at radius 1 is 0.838 bits per heavy atom. The maximum Gasteiger partial charge on any atom is 0.122 e. The highest BCUT2D eigenvalue weighted by Crippen LogP contribution is 2.47. The van der Waals surface area contributed by atoms with Gasteiger partial charge in [-0.3, -0.25) is 0 Å². The summed E-state index contributed by atoms with van der Waals surface area (Å²) in [6.45, 7) is 9.57. The largest absolute Gasteiger partial charge is 0.172 e. The summed E-state index contributed by atoms with van der Waals surface area (Å²) >= 11 is 9.02. The van der Waals surface area contributed by atoms with Gasteiger partial charge in [0.1, 0.15) is 19.1 Å². The van der Waals surface area contributed by atoms with E-state index in [1.165, 1.54) is 85.6 Å². The number of halogens is 1. The van der Waals surface area contributed by atoms with Crippen molar-refractivity contribution in [3.63, 3.8) is 0 Å². The van der Waals surface area contributed by atoms with Crippen molar-refractivity contribution < 1.29 is 0 Å². The Bertz CT molecular complexity index is 1320. The average Bonchev–Trinajstić information content (AvgIpc) is 3.69. The molecule has 0 N–H and O–H groups in total. The summed E-state index contributed by atoms with van der Waals surface area (Å²) in [4.78, 5) is 4.56. The number of aromatic nitrogens is 2. The monoisotopic (exact) mass is 630 g/mol. The van der Waals surface area contributed by atoms with E-state index in [1.807, 2.05) is 22.7 Å². The molecule has 0 saturated heterocycles. The normalized spacial score (nSPS) is 18.3. The molecular formula is C30H39BrN2S3Si. The molecule has 1 aliphatic rings. The predicted octanol–water partition coefficient (Wildman–Crippen LogP) is 10.2. The van der Waals surface area contributed by atoms with Crippen LogP contribution < -0.4 is 10.4 Å². The molecular weight excluding hydrogens is 593 g/mol. The fourth-order valence-electron chi connectivity index (χ4n) is 6.49. The van der Waals surface area contributed by atoms with Gasteiger partial charge in [0.15, 0.2) is 0 Å². The van der Waals surface area contributed by atoms with Gasteiger partial charge in [-0.2, -0.15) is 8.75 Å². The summed E-state index contributed by atoms with van der Waals surface area (Å²) in [5.74, 6) is 1.67. The summed E-state index contributed by atoms with van der Waals surface area (Å²) in [7, 11) is -1.89. The van der Waals surface area contributed by atoms with E-state index in [4.69, 9.17) is 4.37 Å². The molecule has 198 valence electrons. The minimum atomic E-state index is -1.89. The fraction of sp³-hybridized carbons (Fsp3) is 0.533. The van der Waals surface area contributed by atoms with Gasteiger partial charge in [0, 0.05) is 24.7 Å². The van der Waals surface area contributed by atoms with E-state index in [0.29, 0.717) is 0 Å². The highest BCUT2D eigenvalue weighted by molar-refractivity contribution is 9.10. The second kappa shape index (κ2) is 12.1. The third-order valence-corrected chi connectivity index (χ3v) is 17.8. The maximum absolute atomic E-state index is 4.72. The van der Waals surface area contributed by atoms with Crippen molar-refractivity contribution in [1.29, 1.82) is 0 Å². The first kappa shape index (κ1) is 27.7. The van der Waals surface area contributed by atoms with E-state index in [-0.39, 0.29) is 0 Å². The Balaban J connectivity index is 1.64. The number of hydrogen-bond donors (Lipinski definition) is 0. The van der Waals surface area contributed by atoms with Crippen LogP contribution in [0.15, 0.2) is 34.1 Å². The first-order chi connectivity index (χ1) is 18.1. The quantitative estimate of drug-likeness (QED) is 0.137. The summed E-state index contributed by atoms with van der Waals surface area (Å²) in [6.07, 6.45) is 10.7. The molecule has 4 aromatic rings. The van der Waals surface area contributed by atoms with Crippen LogP contribution in [0, 0.1) is 11.8 Å². The van der Waals surface area contributed by atoms with Crippen LogP contribution in [0.3, 0.4) is 0 Å². The number of rotatable bonds is 13. The number of nitrogens with zero attached hydrogens (tertiary/aromatic N) is 2. The van der Waals surface area contributed by atoms with E-state index < -0.39 is 8.07 Å². The molecule has 7 heteroatoms. The SMILES string of the molecule is CCCCC(CC)C[Si]1(CC(CC)CCCC)c2ccsc2-c2sc(-c3ccc(Br)c4nsnc34)cc21. The minimum Gasteiger partial charge on any atom is -0.172 e. The van der Waals surface area contributed by atoms with Crippen molar-refractivity contribution in [3.05, 3.63) is 34.1 Å². The van der Waals surface area contributed by atoms with Gasteiger partial charge in [-0.25, -0.2) is 0 Å². The second-order valence-electron chi connectivity index (χ2n) is 10.9. The summed E-state index contributed by atoms with van der Waals surface area (Å²) in [5.41, 5.74) is 3.29. The Labute approximate surface area is 244 Å². The molecule has 2 nitrogen and oxygen atoms in total. The third-order valence-electron chi connectivity index (χ3n) is 8.63. The van der Waals surface area contributed by atoms with Crippen LogP contribution in [0.4, 0.5) is 0 Å². The van der Waals surface area contributed by atoms with Gasteiger partial charge >= 0.3 is 0 Å². The van der Waals surface area contributed by atoms with E-state index in [2.05, 4.69) is 77.6 Å². The topological polar surface area (TPSA) is 25.8 Å². The van der Waals surface area contributed by atoms with Crippen LogP contribution in [-0.4, -0.2) is 16.8 Å². The van der Waals surface area contributed by atoms with Crippen LogP contribution >= 0.6 is 50.3 Å². The summed E-state index contributed by atoms with van der Waals surface area (Å²) < 4.78 is 10.3. The highest BCUT2D eigenvalue weighted by Gasteiger charge is 2.49. The second-order valence-corrected chi connectivity index (χ2v) is 18.3. The molecule has 37 heavy (non-hydrogen) atoms. The highest BCUT2D eigenvalue weighted by atomic mass is 79.9. The van der Waals surface area contributed by atoms with Crippen LogP contribution in [0.1, 0.15) is 79.1 Å². The molecule has 0 spiro atoms. The zero-order chi connectivity index (χ0) is 26.0. The number of thiophene rings is 2. The van der Waals surface area contributed by atoms with Crippen LogP contribution in [0.25, 0.3) is 31.2 Å². The number of unbranched alkanes of at least 4 members (excludes halogenated alkanes) is 2. The molecule has 1 aliphatic heterocycles. The van der Waals surface area contributed by atoms with E-state index in [9.17, 15) is 0 Å². The zero-order valence-corrected chi connectivity index (χ0v) is 27.6. The molecule has 1 aromatic carbocycles. The van der Waals surface area contributed by atoms with Gasteiger partial charge in [0.25, 0.3) is 0 Å². The van der Waals surface area contributed by atoms with Gasteiger partial charge < -0.3 is 0 Å². The molecule has 2 unspecified atom stereocenters. The maximum atomic E-state index is 4.72. The van der Waals surface area contributed by atoms with Crippen molar-refractivity contribution in [2.75, 3.05) is 0 Å². The smallest absolute Gasteiger partial charge is 0.122 e. The minimum absolute atomic E-state index is 0.833. The van der Waals surface area contributed by atoms with Crippen molar-refractivity contribution in [2.24, 2.45) is 11.8 Å². The molecule has 0 amide bonds. The number of fused-ring (bicyclic) bond motifs is 4. The molecule has 0 bridgehead atoms. The molecule has 0 fully saturated rings. The van der Waals surface area contributed by atoms with Crippen molar-refractivity contribution in [2.45, 2.75) is 91.1 Å². The number of hydrogen-bond acceptors (Lipinski definition) is 5. The third kappa shape index (κ3) is 5.20. The lowest BCUT2D eigenvalue weighted by atomic mass is 10.0. The van der Waals surface area contributed by atoms with Crippen molar-refractivity contribution >= 4 is 79.8 Å². The lowest BCUT2D eigenvalue weighted by Crippen LogP contribution is -2.56. The van der Waals surface area contributed by atoms with Crippen LogP contribution in [-0.2, 0) is 0 Å². The Kier molecular flexibility index (Phi) is 9.07. The van der Waals surface area contributed by atoms with Crippen molar-refractivity contribution in [3.8, 4) is 20.2 Å². The van der Waals surface area contributed by atoms with Crippen LogP contribution in [0.2, 0.25) is 12.1 Å². The Hall–Kier alpha value is -0.863. The number of benzene rings is 1. The predicted molar refractivity (Wildman–Crippen MR) is 173 cm³/mol. The summed E-state index contributed by atoms with van der Waals surface area (Å²) in [6, 6.07) is 12.4. The lowest BCUT2D eigenvalue weighted by Gasteiger charge is -2.35. The fourth-order valence-corrected chi connectivity index (χ4v) is 17.8. The zero-order valence-electron chi connectivity index (χ0n) is 22.6. The van der Waals surface area contributed by atoms with E-state index in [1.54, 1.807) is 20.1 Å². The Morgan fingerprint density at radius 3 is 2.16 bits per heavy atom. The first-order valence-electron chi connectivity index (χ1n) is 14.2. The van der Waals surface area contributed by atoms with Gasteiger partial charge in [-0.05, 0) is 67.7 Å². The van der Waals surface area contributed by atoms with Gasteiger partial charge in [0.2, 0.25) is 0 Å². The van der Waals surface area contributed by atoms with Gasteiger partial charge in [0.05, 0.1) is 11.7 Å². The van der Waals surface area contributed by atoms with Gasteiger partial charge in [-0.1, -0.05) is 91.2 Å². The molecule has 5 rings (SSSR count). The molecule has 2 atom stereocenters. The molecule has 4 heterocycles. The molecule has 0 aliphatic carbocycles. The average molecular weight is 632 g/mol. The summed E-state index contributed by atoms with van der Waals surface area (Å²) in [5, 5.41) is 5.90. The van der Waals surface area contributed by atoms with E-state index >= 15 is 0 Å². The van der Waals surface area contributed by atoms with E-state index in [0.717, 1.165) is 27.3 Å². The van der Waals surface area contributed by atoms with Crippen LogP contribution in [0.5, 0.6) is 0 Å². The lowest BCUT2D eigenvalue weighted by molar-refractivity contribution is 0.469. The molecule has 0 saturated carbocycles. The van der Waals surface area contributed by atoms with Gasteiger partial charge in [-0.15, -0.1) is 22.7 Å². The molecule has 0 radical (unpaired) electrons. The first-order valence-corrected chi connectivity index (χ1v) is 19.8. The standard InChI is InChI=1S/C30H39BrN2S3Si/c1-5-9-11-20(7-3)18-37(19-21(8-4)12-10-6-2)25-15-16-34-29(25)30-26(37)17-24(35-30)22-13-14-23(31)28-27(22)32-36-33-28/h13-17,20-21H,5-12,18-19H2,1-4H3. The van der Waals surface area contributed by atoms with Crippen molar-refractivity contribution in [1.82, 2.24) is 8.75 Å². The Morgan fingerprint density at radius 2 is 1.51 bits per heavy atom. The molecule has 3 aromatic heterocycles.